The van der Waals surface area contributed by atoms with E-state index in [9.17, 15) is 0 Å². The third kappa shape index (κ3) is 6.08. The Labute approximate surface area is 166 Å². The monoisotopic (exact) mass is 441 g/mol. The SMILES string of the molecule is Cl.Clc1ccc(COc2ccc(CNCc3ccco3)cc2Br)cc1. The van der Waals surface area contributed by atoms with Crippen LogP contribution in [0.3, 0.4) is 0 Å². The molecule has 0 saturated heterocycles. The van der Waals surface area contributed by atoms with Crippen LogP contribution in [-0.2, 0) is 19.7 Å². The first-order valence-electron chi connectivity index (χ1n) is 7.59. The van der Waals surface area contributed by atoms with Gasteiger partial charge in [0.2, 0.25) is 0 Å². The van der Waals surface area contributed by atoms with Gasteiger partial charge in [0.05, 0.1) is 17.3 Å². The van der Waals surface area contributed by atoms with Gasteiger partial charge < -0.3 is 14.5 Å². The van der Waals surface area contributed by atoms with Gasteiger partial charge in [-0.3, -0.25) is 0 Å². The van der Waals surface area contributed by atoms with Crippen LogP contribution in [0.1, 0.15) is 16.9 Å². The summed E-state index contributed by atoms with van der Waals surface area (Å²) >= 11 is 9.46. The highest BCUT2D eigenvalue weighted by molar-refractivity contribution is 9.10. The van der Waals surface area contributed by atoms with Crippen molar-refractivity contribution in [2.24, 2.45) is 0 Å². The number of nitrogens with one attached hydrogen (secondary N) is 1. The van der Waals surface area contributed by atoms with Crippen molar-refractivity contribution in [3.63, 3.8) is 0 Å². The van der Waals surface area contributed by atoms with E-state index in [1.165, 1.54) is 5.56 Å². The van der Waals surface area contributed by atoms with Crippen molar-refractivity contribution in [3.8, 4) is 5.75 Å². The number of rotatable bonds is 7. The van der Waals surface area contributed by atoms with E-state index in [0.29, 0.717) is 13.2 Å². The van der Waals surface area contributed by atoms with E-state index in [-0.39, 0.29) is 12.4 Å². The van der Waals surface area contributed by atoms with E-state index in [1.54, 1.807) is 6.26 Å². The zero-order valence-corrected chi connectivity index (χ0v) is 16.5. The number of furan rings is 1. The standard InChI is InChI=1S/C19H17BrClNO2.ClH/c20-18-10-15(11-22-12-17-2-1-9-23-17)5-8-19(18)24-13-14-3-6-16(21)7-4-14;/h1-10,22H,11-13H2;1H. The number of benzene rings is 2. The van der Waals surface area contributed by atoms with Crippen molar-refractivity contribution in [2.45, 2.75) is 19.7 Å². The zero-order chi connectivity index (χ0) is 16.8. The van der Waals surface area contributed by atoms with Gasteiger partial charge in [0.25, 0.3) is 0 Å². The molecule has 1 N–H and O–H groups in total. The summed E-state index contributed by atoms with van der Waals surface area (Å²) < 4.78 is 12.1. The van der Waals surface area contributed by atoms with Gasteiger partial charge >= 0.3 is 0 Å². The summed E-state index contributed by atoms with van der Waals surface area (Å²) in [5, 5.41) is 4.07. The normalized spacial score (nSPS) is 10.3. The molecule has 0 aliphatic rings. The van der Waals surface area contributed by atoms with Crippen molar-refractivity contribution < 1.29 is 9.15 Å². The first-order chi connectivity index (χ1) is 11.7. The topological polar surface area (TPSA) is 34.4 Å². The molecular weight excluding hydrogens is 425 g/mol. The predicted octanol–water partition coefficient (Wildman–Crippen LogP) is 5.99. The van der Waals surface area contributed by atoms with Crippen LogP contribution in [0.25, 0.3) is 0 Å². The van der Waals surface area contributed by atoms with Crippen LogP contribution < -0.4 is 10.1 Å². The van der Waals surface area contributed by atoms with E-state index in [4.69, 9.17) is 20.8 Å². The molecule has 3 rings (SSSR count). The predicted molar refractivity (Wildman–Crippen MR) is 106 cm³/mol. The van der Waals surface area contributed by atoms with Crippen molar-refractivity contribution in [1.29, 1.82) is 0 Å². The number of ether oxygens (including phenoxy) is 1. The lowest BCUT2D eigenvalue weighted by Crippen LogP contribution is -2.12. The summed E-state index contributed by atoms with van der Waals surface area (Å²) in [5.74, 6) is 1.75. The van der Waals surface area contributed by atoms with Crippen molar-refractivity contribution in [2.75, 3.05) is 0 Å². The fourth-order valence-corrected chi connectivity index (χ4v) is 2.92. The first-order valence-corrected chi connectivity index (χ1v) is 8.76. The van der Waals surface area contributed by atoms with Gasteiger partial charge in [-0.1, -0.05) is 29.8 Å². The van der Waals surface area contributed by atoms with Gasteiger partial charge in [-0.15, -0.1) is 12.4 Å². The lowest BCUT2D eigenvalue weighted by Gasteiger charge is -2.10. The molecule has 3 nitrogen and oxygen atoms in total. The average Bonchev–Trinajstić information content (AvgIpc) is 3.09. The molecule has 6 heteroatoms. The highest BCUT2D eigenvalue weighted by Gasteiger charge is 2.04. The highest BCUT2D eigenvalue weighted by atomic mass is 79.9. The Morgan fingerprint density at radius 1 is 1.00 bits per heavy atom. The molecule has 0 atom stereocenters. The van der Waals surface area contributed by atoms with Crippen LogP contribution in [0.2, 0.25) is 5.02 Å². The Hall–Kier alpha value is -1.46. The molecule has 0 saturated carbocycles. The largest absolute Gasteiger partial charge is 0.488 e. The smallest absolute Gasteiger partial charge is 0.134 e. The molecule has 0 radical (unpaired) electrons. The molecule has 0 spiro atoms. The van der Waals surface area contributed by atoms with E-state index in [0.717, 1.165) is 33.1 Å². The van der Waals surface area contributed by atoms with E-state index >= 15 is 0 Å². The van der Waals surface area contributed by atoms with Crippen molar-refractivity contribution in [1.82, 2.24) is 5.32 Å². The van der Waals surface area contributed by atoms with Crippen LogP contribution in [0, 0.1) is 0 Å². The Morgan fingerprint density at radius 2 is 1.76 bits per heavy atom. The van der Waals surface area contributed by atoms with Crippen molar-refractivity contribution in [3.05, 3.63) is 87.2 Å². The maximum absolute atomic E-state index is 5.89. The Bertz CT molecular complexity index is 777. The summed E-state index contributed by atoms with van der Waals surface area (Å²) in [6.07, 6.45) is 1.68. The van der Waals surface area contributed by atoms with Gasteiger partial charge in [0.15, 0.2) is 0 Å². The molecule has 2 aromatic carbocycles. The molecule has 25 heavy (non-hydrogen) atoms. The van der Waals surface area contributed by atoms with E-state index in [1.807, 2.05) is 42.5 Å². The number of hydrogen-bond acceptors (Lipinski definition) is 3. The van der Waals surface area contributed by atoms with Crippen LogP contribution >= 0.6 is 39.9 Å². The summed E-state index contributed by atoms with van der Waals surface area (Å²) in [6, 6.07) is 17.6. The molecule has 3 aromatic rings. The lowest BCUT2D eigenvalue weighted by molar-refractivity contribution is 0.304. The van der Waals surface area contributed by atoms with E-state index in [2.05, 4.69) is 33.4 Å². The summed E-state index contributed by atoms with van der Waals surface area (Å²) in [7, 11) is 0. The summed E-state index contributed by atoms with van der Waals surface area (Å²) in [4.78, 5) is 0. The van der Waals surface area contributed by atoms with Crippen LogP contribution in [0.4, 0.5) is 0 Å². The van der Waals surface area contributed by atoms with Crippen LogP contribution in [0.15, 0.2) is 69.8 Å². The maximum atomic E-state index is 5.89. The minimum absolute atomic E-state index is 0. The highest BCUT2D eigenvalue weighted by Crippen LogP contribution is 2.27. The second-order valence-electron chi connectivity index (χ2n) is 5.36. The Kier molecular flexibility index (Phi) is 7.85. The molecule has 1 aromatic heterocycles. The van der Waals surface area contributed by atoms with Crippen LogP contribution in [0.5, 0.6) is 5.75 Å². The molecule has 0 unspecified atom stereocenters. The van der Waals surface area contributed by atoms with Gasteiger partial charge in [-0.05, 0) is 63.5 Å². The van der Waals surface area contributed by atoms with Gasteiger partial charge in [0, 0.05) is 11.6 Å². The molecule has 0 amide bonds. The maximum Gasteiger partial charge on any atom is 0.134 e. The fourth-order valence-electron chi connectivity index (χ4n) is 2.26. The summed E-state index contributed by atoms with van der Waals surface area (Å²) in [6.45, 7) is 1.97. The average molecular weight is 443 g/mol. The van der Waals surface area contributed by atoms with Gasteiger partial charge in [-0.2, -0.15) is 0 Å². The molecule has 0 aliphatic heterocycles. The minimum atomic E-state index is 0. The molecule has 0 fully saturated rings. The fraction of sp³-hybridized carbons (Fsp3) is 0.158. The number of halogens is 3. The van der Waals surface area contributed by atoms with Gasteiger partial charge in [0.1, 0.15) is 18.1 Å². The molecule has 0 aliphatic carbocycles. The summed E-state index contributed by atoms with van der Waals surface area (Å²) in [5.41, 5.74) is 2.25. The van der Waals surface area contributed by atoms with Crippen LogP contribution in [-0.4, -0.2) is 0 Å². The van der Waals surface area contributed by atoms with Crippen molar-refractivity contribution >= 4 is 39.9 Å². The third-order valence-electron chi connectivity index (χ3n) is 3.51. The second kappa shape index (κ2) is 9.88. The Morgan fingerprint density at radius 3 is 2.44 bits per heavy atom. The quantitative estimate of drug-likeness (QED) is 0.488. The van der Waals surface area contributed by atoms with E-state index < -0.39 is 0 Å². The lowest BCUT2D eigenvalue weighted by atomic mass is 10.2. The van der Waals surface area contributed by atoms with Gasteiger partial charge in [-0.25, -0.2) is 0 Å². The third-order valence-corrected chi connectivity index (χ3v) is 4.38. The molecular formula is C19H18BrCl2NO2. The zero-order valence-electron chi connectivity index (χ0n) is 13.4. The Balaban J connectivity index is 0.00000225. The minimum Gasteiger partial charge on any atom is -0.488 e. The second-order valence-corrected chi connectivity index (χ2v) is 6.65. The molecule has 132 valence electrons. The number of hydrogen-bond donors (Lipinski definition) is 1. The molecule has 1 heterocycles. The first kappa shape index (κ1) is 19.9. The molecule has 0 bridgehead atoms.